The number of amides is 1. The summed E-state index contributed by atoms with van der Waals surface area (Å²) in [6.45, 7) is 2.54. The fourth-order valence-corrected chi connectivity index (χ4v) is 7.24. The largest absolute Gasteiger partial charge is 0.480 e. The third kappa shape index (κ3) is 43.8. The quantitative estimate of drug-likeness (QED) is 0.0200. The molecule has 0 aromatic rings. The second-order valence-corrected chi connectivity index (χ2v) is 17.7. The van der Waals surface area contributed by atoms with E-state index in [0.717, 1.165) is 77.0 Å². The minimum atomic E-state index is -4.77. The molecule has 0 aliphatic heterocycles. The Bertz CT molecular complexity index is 1280. The van der Waals surface area contributed by atoms with Crippen LogP contribution < -0.4 is 5.32 Å². The monoisotopic (exact) mass is 894 g/mol. The summed E-state index contributed by atoms with van der Waals surface area (Å²) in [4.78, 5) is 46.1. The van der Waals surface area contributed by atoms with E-state index in [4.69, 9.17) is 13.8 Å². The molecule has 0 aromatic heterocycles. The number of hydrogen-bond acceptors (Lipinski definition) is 8. The van der Waals surface area contributed by atoms with Crippen molar-refractivity contribution in [3.63, 3.8) is 0 Å². The first-order valence-electron chi connectivity index (χ1n) is 24.3. The highest BCUT2D eigenvalue weighted by atomic mass is 31.2. The van der Waals surface area contributed by atoms with Gasteiger partial charge in [0.25, 0.3) is 0 Å². The average molecular weight is 894 g/mol. The summed E-state index contributed by atoms with van der Waals surface area (Å²) in [5, 5.41) is 21.9. The number of unbranched alkanes of at least 4 members (excludes halogenated alkanes) is 21. The molecular formula is C50H88NO10P. The van der Waals surface area contributed by atoms with Crippen LogP contribution in [-0.4, -0.2) is 64.9 Å². The van der Waals surface area contributed by atoms with Gasteiger partial charge < -0.3 is 25.2 Å². The highest BCUT2D eigenvalue weighted by Crippen LogP contribution is 2.43. The maximum atomic E-state index is 12.4. The molecule has 11 nitrogen and oxygen atoms in total. The lowest BCUT2D eigenvalue weighted by Gasteiger charge is -2.18. The number of phosphoric ester groups is 1. The molecule has 0 bridgehead atoms. The van der Waals surface area contributed by atoms with Gasteiger partial charge in [-0.1, -0.05) is 171 Å². The van der Waals surface area contributed by atoms with E-state index in [-0.39, 0.29) is 12.8 Å². The van der Waals surface area contributed by atoms with E-state index in [1.165, 1.54) is 89.9 Å². The summed E-state index contributed by atoms with van der Waals surface area (Å²) < 4.78 is 26.9. The lowest BCUT2D eigenvalue weighted by Crippen LogP contribution is -2.43. The van der Waals surface area contributed by atoms with Gasteiger partial charge >= 0.3 is 19.8 Å². The Labute approximate surface area is 376 Å². The fraction of sp³-hybridized carbons (Fsp3) is 0.740. The Morgan fingerprint density at radius 2 is 0.887 bits per heavy atom. The van der Waals surface area contributed by atoms with Crippen LogP contribution in [0.2, 0.25) is 0 Å². The number of phosphoric acid groups is 1. The van der Waals surface area contributed by atoms with Crippen LogP contribution in [0.25, 0.3) is 0 Å². The van der Waals surface area contributed by atoms with Crippen molar-refractivity contribution in [2.45, 2.75) is 219 Å². The lowest BCUT2D eigenvalue weighted by atomic mass is 10.1. The van der Waals surface area contributed by atoms with E-state index in [2.05, 4.69) is 79.9 Å². The Hall–Kier alpha value is -2.82. The molecule has 0 saturated carbocycles. The van der Waals surface area contributed by atoms with Crippen molar-refractivity contribution in [3.8, 4) is 0 Å². The molecule has 4 N–H and O–H groups in total. The number of aliphatic carboxylic acids is 1. The normalized spacial score (nSPS) is 14.1. The Balaban J connectivity index is 3.89. The van der Waals surface area contributed by atoms with Crippen molar-refractivity contribution in [1.82, 2.24) is 5.32 Å². The minimum Gasteiger partial charge on any atom is -0.480 e. The van der Waals surface area contributed by atoms with Crippen molar-refractivity contribution in [2.24, 2.45) is 0 Å². The number of rotatable bonds is 45. The van der Waals surface area contributed by atoms with Gasteiger partial charge in [-0.15, -0.1) is 0 Å². The molecule has 0 aliphatic rings. The third-order valence-electron chi connectivity index (χ3n) is 10.3. The number of carbonyl (C=O) groups is 3. The van der Waals surface area contributed by atoms with Gasteiger partial charge in [-0.3, -0.25) is 18.6 Å². The summed E-state index contributed by atoms with van der Waals surface area (Å²) in [6, 6.07) is -1.55. The number of carboxylic acid groups (broad SMARTS) is 1. The van der Waals surface area contributed by atoms with Gasteiger partial charge in [0, 0.05) is 12.8 Å². The molecule has 3 atom stereocenters. The highest BCUT2D eigenvalue weighted by molar-refractivity contribution is 7.47. The summed E-state index contributed by atoms with van der Waals surface area (Å²) in [6.07, 6.45) is 52.3. The second kappa shape index (κ2) is 44.8. The van der Waals surface area contributed by atoms with Crippen LogP contribution in [0, 0.1) is 0 Å². The number of esters is 1. The van der Waals surface area contributed by atoms with Gasteiger partial charge in [0.15, 0.2) is 6.04 Å². The van der Waals surface area contributed by atoms with Gasteiger partial charge in [0.2, 0.25) is 5.91 Å². The molecular weight excluding hydrogens is 806 g/mol. The molecule has 3 unspecified atom stereocenters. The molecule has 0 radical (unpaired) electrons. The average Bonchev–Trinajstić information content (AvgIpc) is 3.25. The number of carbonyl (C=O) groups excluding carboxylic acids is 2. The van der Waals surface area contributed by atoms with E-state index >= 15 is 0 Å². The third-order valence-corrected chi connectivity index (χ3v) is 11.2. The number of ether oxygens (including phenoxy) is 1. The fourth-order valence-electron chi connectivity index (χ4n) is 6.47. The molecule has 358 valence electrons. The summed E-state index contributed by atoms with van der Waals surface area (Å²) in [7, 11) is -4.77. The van der Waals surface area contributed by atoms with E-state index in [1.54, 1.807) is 0 Å². The van der Waals surface area contributed by atoms with E-state index in [1.807, 2.05) is 0 Å². The molecule has 0 aromatic carbocycles. The molecule has 12 heteroatoms. The van der Waals surface area contributed by atoms with E-state index in [0.29, 0.717) is 12.8 Å². The Kier molecular flexibility index (Phi) is 42.7. The number of allylic oxidation sites excluding steroid dienone is 10. The summed E-state index contributed by atoms with van der Waals surface area (Å²) in [5.74, 6) is -2.39. The first-order valence-corrected chi connectivity index (χ1v) is 25.8. The van der Waals surface area contributed by atoms with Gasteiger partial charge in [0.1, 0.15) is 12.7 Å². The van der Waals surface area contributed by atoms with Crippen LogP contribution in [-0.2, 0) is 32.7 Å². The smallest absolute Gasteiger partial charge is 0.472 e. The summed E-state index contributed by atoms with van der Waals surface area (Å²) in [5.41, 5.74) is 0. The number of nitrogens with one attached hydrogen (secondary N) is 1. The highest BCUT2D eigenvalue weighted by Gasteiger charge is 2.28. The van der Waals surface area contributed by atoms with E-state index < -0.39 is 57.6 Å². The van der Waals surface area contributed by atoms with Gasteiger partial charge in [-0.25, -0.2) is 9.36 Å². The van der Waals surface area contributed by atoms with Crippen molar-refractivity contribution in [2.75, 3.05) is 19.8 Å². The first-order chi connectivity index (χ1) is 30.1. The minimum absolute atomic E-state index is 0.134. The second-order valence-electron chi connectivity index (χ2n) is 16.3. The van der Waals surface area contributed by atoms with Crippen LogP contribution in [0.4, 0.5) is 0 Å². The number of carboxylic acids is 1. The van der Waals surface area contributed by atoms with Crippen molar-refractivity contribution >= 4 is 25.7 Å². The van der Waals surface area contributed by atoms with Gasteiger partial charge in [-0.2, -0.15) is 0 Å². The predicted octanol–water partition coefficient (Wildman–Crippen LogP) is 13.1. The Morgan fingerprint density at radius 1 is 0.516 bits per heavy atom. The number of aliphatic hydroxyl groups is 1. The van der Waals surface area contributed by atoms with Crippen LogP contribution in [0.15, 0.2) is 60.8 Å². The van der Waals surface area contributed by atoms with Crippen LogP contribution in [0.1, 0.15) is 206 Å². The van der Waals surface area contributed by atoms with Crippen LogP contribution in [0.5, 0.6) is 0 Å². The molecule has 0 aliphatic carbocycles. The predicted molar refractivity (Wildman–Crippen MR) is 254 cm³/mol. The molecule has 62 heavy (non-hydrogen) atoms. The zero-order chi connectivity index (χ0) is 45.6. The van der Waals surface area contributed by atoms with Gasteiger partial charge in [0.05, 0.1) is 13.2 Å². The van der Waals surface area contributed by atoms with Crippen molar-refractivity contribution < 1.29 is 47.8 Å². The SMILES string of the molecule is CCCCC/C=C\C/C=C\C/C=C\CCCCCCCCCCC(=O)NC(COP(=O)(O)OCC(O)COC(=O)CCCCCCCCC/C=C\C/C=C\CCCCC)C(=O)O. The molecule has 1 amide bonds. The van der Waals surface area contributed by atoms with Crippen molar-refractivity contribution in [1.29, 1.82) is 0 Å². The Morgan fingerprint density at radius 3 is 1.32 bits per heavy atom. The molecule has 0 fully saturated rings. The molecule has 0 saturated heterocycles. The molecule has 0 spiro atoms. The maximum Gasteiger partial charge on any atom is 0.472 e. The van der Waals surface area contributed by atoms with Gasteiger partial charge in [-0.05, 0) is 83.5 Å². The lowest BCUT2D eigenvalue weighted by molar-refractivity contribution is -0.147. The van der Waals surface area contributed by atoms with Crippen LogP contribution >= 0.6 is 7.82 Å². The zero-order valence-electron chi connectivity index (χ0n) is 38.9. The first kappa shape index (κ1) is 59.2. The zero-order valence-corrected chi connectivity index (χ0v) is 39.8. The van der Waals surface area contributed by atoms with E-state index in [9.17, 15) is 34.1 Å². The molecule has 0 heterocycles. The van der Waals surface area contributed by atoms with Crippen molar-refractivity contribution in [3.05, 3.63) is 60.8 Å². The number of hydrogen-bond donors (Lipinski definition) is 4. The summed E-state index contributed by atoms with van der Waals surface area (Å²) >= 11 is 0. The standard InChI is InChI=1S/C50H88NO10P/c1-3-5-7-9-11-13-15-17-19-21-22-23-24-26-27-29-31-33-35-37-39-41-48(53)51-47(50(55)56)45-61-62(57,58)60-44-46(52)43-59-49(54)42-40-38-36-34-32-30-28-25-20-18-16-14-12-10-8-6-4-2/h11-14,17-20,22-23,46-47,52H,3-10,15-16,21,24-45H2,1-2H3,(H,51,53)(H,55,56)(H,57,58)/b13-11-,14-12-,19-17-,20-18-,23-22-. The molecule has 0 rings (SSSR count). The number of aliphatic hydroxyl groups excluding tert-OH is 1. The maximum absolute atomic E-state index is 12.4. The van der Waals surface area contributed by atoms with Crippen LogP contribution in [0.3, 0.4) is 0 Å². The topological polar surface area (TPSA) is 169 Å².